The fraction of sp³-hybridized carbons (Fsp3) is 0.909. The Bertz CT molecular complexity index is 302. The van der Waals surface area contributed by atoms with E-state index in [-0.39, 0.29) is 23.8 Å². The van der Waals surface area contributed by atoms with E-state index in [9.17, 15) is 18.0 Å². The third kappa shape index (κ3) is 3.12. The lowest BCUT2D eigenvalue weighted by molar-refractivity contribution is -0.165. The highest BCUT2D eigenvalue weighted by Gasteiger charge is 2.44. The Kier molecular flexibility index (Phi) is 3.34. The van der Waals surface area contributed by atoms with Gasteiger partial charge in [-0.3, -0.25) is 4.79 Å². The van der Waals surface area contributed by atoms with Crippen LogP contribution in [0.25, 0.3) is 0 Å². The van der Waals surface area contributed by atoms with Crippen molar-refractivity contribution in [3.05, 3.63) is 0 Å². The van der Waals surface area contributed by atoms with E-state index in [4.69, 9.17) is 0 Å². The standard InChI is InChI=1S/C11H17F3N2O/c1-7-4-15-5-9(7)10(17)16(8-2-3-8)6-11(12,13)14/h7-9,15H,2-6H2,1H3. The minimum atomic E-state index is -4.30. The Labute approximate surface area is 98.3 Å². The number of halogens is 3. The van der Waals surface area contributed by atoms with Crippen LogP contribution in [0.1, 0.15) is 19.8 Å². The highest BCUT2D eigenvalue weighted by Crippen LogP contribution is 2.32. The van der Waals surface area contributed by atoms with Crippen LogP contribution < -0.4 is 5.32 Å². The molecule has 1 heterocycles. The Morgan fingerprint density at radius 1 is 1.35 bits per heavy atom. The number of nitrogens with zero attached hydrogens (tertiary/aromatic N) is 1. The number of alkyl halides is 3. The fourth-order valence-electron chi connectivity index (χ4n) is 2.32. The minimum absolute atomic E-state index is 0.122. The molecule has 1 N–H and O–H groups in total. The third-order valence-corrected chi connectivity index (χ3v) is 3.46. The van der Waals surface area contributed by atoms with Crippen molar-refractivity contribution >= 4 is 5.91 Å². The van der Waals surface area contributed by atoms with Crippen molar-refractivity contribution in [3.63, 3.8) is 0 Å². The Morgan fingerprint density at radius 2 is 2.00 bits per heavy atom. The highest BCUT2D eigenvalue weighted by atomic mass is 19.4. The summed E-state index contributed by atoms with van der Waals surface area (Å²) in [6, 6.07) is -0.183. The molecule has 1 aliphatic carbocycles. The van der Waals surface area contributed by atoms with E-state index in [0.29, 0.717) is 25.9 Å². The fourth-order valence-corrected chi connectivity index (χ4v) is 2.32. The van der Waals surface area contributed by atoms with E-state index in [1.807, 2.05) is 6.92 Å². The van der Waals surface area contributed by atoms with Crippen molar-refractivity contribution < 1.29 is 18.0 Å². The number of rotatable bonds is 3. The van der Waals surface area contributed by atoms with E-state index in [1.54, 1.807) is 0 Å². The van der Waals surface area contributed by atoms with Gasteiger partial charge in [-0.15, -0.1) is 0 Å². The van der Waals surface area contributed by atoms with Gasteiger partial charge in [0.2, 0.25) is 5.91 Å². The number of carbonyl (C=O) groups is 1. The number of hydrogen-bond donors (Lipinski definition) is 1. The number of carbonyl (C=O) groups excluding carboxylic acids is 1. The van der Waals surface area contributed by atoms with Crippen molar-refractivity contribution in [1.82, 2.24) is 10.2 Å². The molecule has 1 aliphatic heterocycles. The normalized spacial score (nSPS) is 29.4. The lowest BCUT2D eigenvalue weighted by Crippen LogP contribution is -2.45. The SMILES string of the molecule is CC1CNCC1C(=O)N(CC(F)(F)F)C1CC1. The summed E-state index contributed by atoms with van der Waals surface area (Å²) in [4.78, 5) is 13.1. The van der Waals surface area contributed by atoms with E-state index >= 15 is 0 Å². The number of hydrogen-bond acceptors (Lipinski definition) is 2. The summed E-state index contributed by atoms with van der Waals surface area (Å²) >= 11 is 0. The van der Waals surface area contributed by atoms with Crippen molar-refractivity contribution in [2.24, 2.45) is 11.8 Å². The van der Waals surface area contributed by atoms with Crippen LogP contribution in [0.3, 0.4) is 0 Å². The first-order chi connectivity index (χ1) is 7.88. The molecule has 2 fully saturated rings. The summed E-state index contributed by atoms with van der Waals surface area (Å²) in [5.41, 5.74) is 0. The van der Waals surface area contributed by atoms with Gasteiger partial charge in [0.05, 0.1) is 5.92 Å². The van der Waals surface area contributed by atoms with Crippen molar-refractivity contribution in [3.8, 4) is 0 Å². The maximum Gasteiger partial charge on any atom is 0.406 e. The molecule has 1 saturated heterocycles. The lowest BCUT2D eigenvalue weighted by atomic mass is 9.96. The van der Waals surface area contributed by atoms with Crippen molar-refractivity contribution in [2.75, 3.05) is 19.6 Å². The second kappa shape index (κ2) is 4.48. The van der Waals surface area contributed by atoms with Crippen LogP contribution in [0.4, 0.5) is 13.2 Å². The highest BCUT2D eigenvalue weighted by molar-refractivity contribution is 5.80. The zero-order valence-electron chi connectivity index (χ0n) is 9.76. The van der Waals surface area contributed by atoms with Gasteiger partial charge >= 0.3 is 6.18 Å². The van der Waals surface area contributed by atoms with Gasteiger partial charge < -0.3 is 10.2 Å². The Hall–Kier alpha value is -0.780. The van der Waals surface area contributed by atoms with Crippen LogP contribution in [0, 0.1) is 11.8 Å². The van der Waals surface area contributed by atoms with E-state index in [1.165, 1.54) is 0 Å². The van der Waals surface area contributed by atoms with Gasteiger partial charge in [-0.1, -0.05) is 6.92 Å². The zero-order valence-corrected chi connectivity index (χ0v) is 9.76. The maximum absolute atomic E-state index is 12.4. The predicted octanol–water partition coefficient (Wildman–Crippen LogP) is 1.40. The summed E-state index contributed by atoms with van der Waals surface area (Å²) in [7, 11) is 0. The Morgan fingerprint density at radius 3 is 2.41 bits per heavy atom. The third-order valence-electron chi connectivity index (χ3n) is 3.46. The summed E-state index contributed by atoms with van der Waals surface area (Å²) in [5.74, 6) is -0.503. The maximum atomic E-state index is 12.4. The quantitative estimate of drug-likeness (QED) is 0.821. The van der Waals surface area contributed by atoms with Gasteiger partial charge in [0.15, 0.2) is 0 Å². The second-order valence-corrected chi connectivity index (χ2v) is 5.05. The average molecular weight is 250 g/mol. The molecule has 0 bridgehead atoms. The van der Waals surface area contributed by atoms with E-state index in [2.05, 4.69) is 5.32 Å². The average Bonchev–Trinajstić information content (AvgIpc) is 2.96. The molecule has 0 aromatic carbocycles. The van der Waals surface area contributed by atoms with E-state index in [0.717, 1.165) is 4.90 Å². The van der Waals surface area contributed by atoms with Crippen LogP contribution in [0.2, 0.25) is 0 Å². The molecule has 0 radical (unpaired) electrons. The molecule has 0 aromatic rings. The molecule has 2 aliphatic rings. The van der Waals surface area contributed by atoms with Gasteiger partial charge in [0, 0.05) is 12.6 Å². The topological polar surface area (TPSA) is 32.3 Å². The lowest BCUT2D eigenvalue weighted by Gasteiger charge is -2.27. The molecular weight excluding hydrogens is 233 g/mol. The van der Waals surface area contributed by atoms with E-state index < -0.39 is 12.7 Å². The van der Waals surface area contributed by atoms with Gasteiger partial charge in [0.1, 0.15) is 6.54 Å². The molecule has 3 nitrogen and oxygen atoms in total. The second-order valence-electron chi connectivity index (χ2n) is 5.05. The molecule has 2 atom stereocenters. The molecule has 17 heavy (non-hydrogen) atoms. The smallest absolute Gasteiger partial charge is 0.330 e. The molecule has 1 saturated carbocycles. The first-order valence-corrected chi connectivity index (χ1v) is 5.96. The molecule has 2 unspecified atom stereocenters. The molecule has 98 valence electrons. The summed E-state index contributed by atoms with van der Waals surface area (Å²) < 4.78 is 37.3. The van der Waals surface area contributed by atoms with Crippen LogP contribution in [-0.2, 0) is 4.79 Å². The summed E-state index contributed by atoms with van der Waals surface area (Å²) in [5, 5.41) is 3.05. The largest absolute Gasteiger partial charge is 0.406 e. The van der Waals surface area contributed by atoms with Crippen LogP contribution >= 0.6 is 0 Å². The zero-order chi connectivity index (χ0) is 12.6. The van der Waals surface area contributed by atoms with Gasteiger partial charge in [-0.2, -0.15) is 13.2 Å². The molecule has 0 aromatic heterocycles. The summed E-state index contributed by atoms with van der Waals surface area (Å²) in [6.45, 7) is 2.02. The summed E-state index contributed by atoms with van der Waals surface area (Å²) in [6.07, 6.45) is -2.89. The van der Waals surface area contributed by atoms with Crippen LogP contribution in [0.15, 0.2) is 0 Å². The first kappa shape index (κ1) is 12.7. The monoisotopic (exact) mass is 250 g/mol. The van der Waals surface area contributed by atoms with Gasteiger partial charge in [-0.05, 0) is 25.3 Å². The predicted molar refractivity (Wildman–Crippen MR) is 56.3 cm³/mol. The van der Waals surface area contributed by atoms with Gasteiger partial charge in [0.25, 0.3) is 0 Å². The van der Waals surface area contributed by atoms with Crippen LogP contribution in [0.5, 0.6) is 0 Å². The van der Waals surface area contributed by atoms with Gasteiger partial charge in [-0.25, -0.2) is 0 Å². The Balaban J connectivity index is 2.02. The van der Waals surface area contributed by atoms with Crippen LogP contribution in [-0.4, -0.2) is 42.7 Å². The molecular formula is C11H17F3N2O. The van der Waals surface area contributed by atoms with Crippen molar-refractivity contribution in [1.29, 1.82) is 0 Å². The molecule has 2 rings (SSSR count). The molecule has 6 heteroatoms. The first-order valence-electron chi connectivity index (χ1n) is 5.96. The van der Waals surface area contributed by atoms with Crippen molar-refractivity contribution in [2.45, 2.75) is 32.0 Å². The number of nitrogens with one attached hydrogen (secondary N) is 1. The molecule has 1 amide bonds. The minimum Gasteiger partial charge on any atom is -0.330 e. The molecule has 0 spiro atoms. The number of amides is 1.